The van der Waals surface area contributed by atoms with Gasteiger partial charge in [-0.25, -0.2) is 13.9 Å². The molecule has 0 spiro atoms. The fourth-order valence-corrected chi connectivity index (χ4v) is 3.98. The van der Waals surface area contributed by atoms with Crippen molar-refractivity contribution in [2.45, 2.75) is 32.6 Å². The molecule has 2 aromatic heterocycles. The van der Waals surface area contributed by atoms with Crippen LogP contribution in [-0.2, 0) is 6.42 Å². The zero-order chi connectivity index (χ0) is 16.7. The van der Waals surface area contributed by atoms with Crippen LogP contribution >= 0.6 is 23.9 Å². The van der Waals surface area contributed by atoms with Crippen LogP contribution in [0.1, 0.15) is 32.0 Å². The molecule has 1 saturated carbocycles. The van der Waals surface area contributed by atoms with E-state index in [1.807, 2.05) is 30.3 Å². The maximum absolute atomic E-state index is 13.6. The lowest BCUT2D eigenvalue weighted by atomic mass is 9.68. The standard InChI is InChI=1S/C18H17ClFN3S/c1-18(8-5-9-18)11-15-21-17-14(23(15)24-20)10-13(19)16(22-17)12-6-3-2-4-7-12/h2-4,6-7,10H,5,8-9,11H2,1H3. The predicted octanol–water partition coefficient (Wildman–Crippen LogP) is 5.87. The molecule has 0 unspecified atom stereocenters. The Bertz CT molecular complexity index is 890. The Labute approximate surface area is 149 Å². The van der Waals surface area contributed by atoms with Gasteiger partial charge in [-0.2, -0.15) is 0 Å². The van der Waals surface area contributed by atoms with E-state index in [1.54, 1.807) is 6.07 Å². The number of fused-ring (bicyclic) bond motifs is 1. The maximum atomic E-state index is 13.6. The van der Waals surface area contributed by atoms with Crippen LogP contribution in [0.25, 0.3) is 22.4 Å². The van der Waals surface area contributed by atoms with Crippen LogP contribution in [0.2, 0.25) is 5.02 Å². The number of imidazole rings is 1. The summed E-state index contributed by atoms with van der Waals surface area (Å²) in [7, 11) is 0. The van der Waals surface area contributed by atoms with Crippen LogP contribution in [0.3, 0.4) is 0 Å². The molecular weight excluding hydrogens is 345 g/mol. The number of pyridine rings is 1. The molecule has 0 amide bonds. The number of aromatic nitrogens is 3. The van der Waals surface area contributed by atoms with Gasteiger partial charge in [-0.05, 0) is 24.3 Å². The molecule has 0 atom stereocenters. The van der Waals surface area contributed by atoms with E-state index >= 15 is 0 Å². The summed E-state index contributed by atoms with van der Waals surface area (Å²) < 4.78 is 15.1. The highest BCUT2D eigenvalue weighted by Gasteiger charge is 2.34. The largest absolute Gasteiger partial charge is 0.240 e. The van der Waals surface area contributed by atoms with Crippen molar-refractivity contribution in [3.8, 4) is 11.3 Å². The predicted molar refractivity (Wildman–Crippen MR) is 97.7 cm³/mol. The van der Waals surface area contributed by atoms with Crippen molar-refractivity contribution >= 4 is 35.1 Å². The number of rotatable bonds is 4. The number of hydrogen-bond acceptors (Lipinski definition) is 3. The lowest BCUT2D eigenvalue weighted by Crippen LogP contribution is -2.28. The van der Waals surface area contributed by atoms with Gasteiger partial charge in [0.15, 0.2) is 18.0 Å². The molecule has 0 saturated heterocycles. The van der Waals surface area contributed by atoms with E-state index in [-0.39, 0.29) is 17.7 Å². The molecule has 0 aliphatic heterocycles. The second-order valence-corrected chi connectivity index (χ2v) is 7.67. The summed E-state index contributed by atoms with van der Waals surface area (Å²) in [5.74, 6) is 0.730. The normalized spacial score (nSPS) is 16.3. The molecule has 1 fully saturated rings. The molecule has 2 heterocycles. The van der Waals surface area contributed by atoms with Crippen molar-refractivity contribution in [1.82, 2.24) is 13.9 Å². The first-order chi connectivity index (χ1) is 11.6. The average molecular weight is 362 g/mol. The topological polar surface area (TPSA) is 30.7 Å². The monoisotopic (exact) mass is 361 g/mol. The Hall–Kier alpha value is -1.59. The van der Waals surface area contributed by atoms with Crippen LogP contribution in [0.4, 0.5) is 3.89 Å². The van der Waals surface area contributed by atoms with Crippen LogP contribution in [-0.4, -0.2) is 13.9 Å². The van der Waals surface area contributed by atoms with Crippen molar-refractivity contribution in [3.63, 3.8) is 0 Å². The van der Waals surface area contributed by atoms with Crippen LogP contribution < -0.4 is 0 Å². The Morgan fingerprint density at radius 2 is 2.00 bits per heavy atom. The molecule has 1 aromatic carbocycles. The third-order valence-corrected chi connectivity index (χ3v) is 5.72. The van der Waals surface area contributed by atoms with Crippen LogP contribution in [0.15, 0.2) is 36.4 Å². The first kappa shape index (κ1) is 15.9. The van der Waals surface area contributed by atoms with E-state index < -0.39 is 0 Å². The van der Waals surface area contributed by atoms with E-state index in [0.29, 0.717) is 21.9 Å². The number of hydrogen-bond donors (Lipinski definition) is 0. The lowest BCUT2D eigenvalue weighted by Gasteiger charge is -2.37. The van der Waals surface area contributed by atoms with Crippen molar-refractivity contribution in [3.05, 3.63) is 47.2 Å². The van der Waals surface area contributed by atoms with Gasteiger partial charge in [0.2, 0.25) is 0 Å². The van der Waals surface area contributed by atoms with Crippen LogP contribution in [0, 0.1) is 5.41 Å². The van der Waals surface area contributed by atoms with E-state index in [4.69, 9.17) is 11.6 Å². The highest BCUT2D eigenvalue weighted by atomic mass is 35.5. The maximum Gasteiger partial charge on any atom is 0.179 e. The molecule has 3 nitrogen and oxygen atoms in total. The first-order valence-electron chi connectivity index (χ1n) is 8.02. The van der Waals surface area contributed by atoms with E-state index in [2.05, 4.69) is 16.9 Å². The molecular formula is C18H17ClFN3S. The van der Waals surface area contributed by atoms with Crippen molar-refractivity contribution in [1.29, 1.82) is 0 Å². The molecule has 0 radical (unpaired) electrons. The van der Waals surface area contributed by atoms with Gasteiger partial charge in [0.1, 0.15) is 11.3 Å². The van der Waals surface area contributed by atoms with Gasteiger partial charge < -0.3 is 0 Å². The molecule has 3 aromatic rings. The molecule has 0 bridgehead atoms. The fourth-order valence-electron chi connectivity index (χ4n) is 3.33. The summed E-state index contributed by atoms with van der Waals surface area (Å²) in [6.45, 7) is 2.24. The minimum absolute atomic E-state index is 0.173. The summed E-state index contributed by atoms with van der Waals surface area (Å²) >= 11 is 6.58. The Balaban J connectivity index is 1.82. The van der Waals surface area contributed by atoms with Crippen molar-refractivity contribution in [2.24, 2.45) is 5.41 Å². The Morgan fingerprint density at radius 1 is 1.25 bits per heavy atom. The molecule has 1 aliphatic carbocycles. The van der Waals surface area contributed by atoms with Gasteiger partial charge in [-0.1, -0.05) is 55.3 Å². The van der Waals surface area contributed by atoms with Gasteiger partial charge in [-0.3, -0.25) is 0 Å². The summed E-state index contributed by atoms with van der Waals surface area (Å²) in [6.07, 6.45) is 4.33. The van der Waals surface area contributed by atoms with Crippen molar-refractivity contribution in [2.75, 3.05) is 0 Å². The van der Waals surface area contributed by atoms with Gasteiger partial charge in [0.25, 0.3) is 0 Å². The zero-order valence-corrected chi connectivity index (χ0v) is 14.9. The molecule has 4 rings (SSSR count). The first-order valence-corrected chi connectivity index (χ1v) is 9.07. The van der Waals surface area contributed by atoms with E-state index in [0.717, 1.165) is 30.7 Å². The summed E-state index contributed by atoms with van der Waals surface area (Å²) in [4.78, 5) is 9.21. The minimum atomic E-state index is 0.173. The minimum Gasteiger partial charge on any atom is -0.240 e. The van der Waals surface area contributed by atoms with Gasteiger partial charge >= 0.3 is 0 Å². The molecule has 0 N–H and O–H groups in total. The zero-order valence-electron chi connectivity index (χ0n) is 13.3. The molecule has 124 valence electrons. The fraction of sp³-hybridized carbons (Fsp3) is 0.333. The van der Waals surface area contributed by atoms with Gasteiger partial charge in [0.05, 0.1) is 10.7 Å². The Morgan fingerprint density at radius 3 is 2.62 bits per heavy atom. The number of halogens is 2. The quantitative estimate of drug-likeness (QED) is 0.582. The second kappa shape index (κ2) is 6.05. The number of nitrogens with zero attached hydrogens (tertiary/aromatic N) is 3. The molecule has 1 aliphatic rings. The molecule has 6 heteroatoms. The van der Waals surface area contributed by atoms with Crippen molar-refractivity contribution < 1.29 is 3.89 Å². The Kier molecular flexibility index (Phi) is 4.01. The lowest BCUT2D eigenvalue weighted by molar-refractivity contribution is 0.158. The second-order valence-electron chi connectivity index (χ2n) is 6.76. The molecule has 24 heavy (non-hydrogen) atoms. The highest BCUT2D eigenvalue weighted by Crippen LogP contribution is 2.43. The van der Waals surface area contributed by atoms with E-state index in [1.165, 1.54) is 10.4 Å². The highest BCUT2D eigenvalue weighted by molar-refractivity contribution is 7.92. The summed E-state index contributed by atoms with van der Waals surface area (Å²) in [5.41, 5.74) is 3.01. The summed E-state index contributed by atoms with van der Waals surface area (Å²) in [6, 6.07) is 11.5. The SMILES string of the molecule is CC1(Cc2nc3nc(-c4ccccc4)c(Cl)cc3n2SF)CCC1. The smallest absolute Gasteiger partial charge is 0.179 e. The van der Waals surface area contributed by atoms with Gasteiger partial charge in [-0.15, -0.1) is 3.89 Å². The van der Waals surface area contributed by atoms with Gasteiger partial charge in [0, 0.05) is 12.0 Å². The van der Waals surface area contributed by atoms with Crippen LogP contribution in [0.5, 0.6) is 0 Å². The number of benzene rings is 1. The van der Waals surface area contributed by atoms with E-state index in [9.17, 15) is 3.89 Å². The third kappa shape index (κ3) is 2.70. The average Bonchev–Trinajstić information content (AvgIpc) is 2.89. The third-order valence-electron chi connectivity index (χ3n) is 4.89. The summed E-state index contributed by atoms with van der Waals surface area (Å²) in [5, 5.41) is 0.505.